The quantitative estimate of drug-likeness (QED) is 0.447. The molecule has 0 fully saturated rings. The first-order chi connectivity index (χ1) is 8.43. The van der Waals surface area contributed by atoms with Crippen molar-refractivity contribution in [3.63, 3.8) is 0 Å². The second-order valence-corrected chi connectivity index (χ2v) is 3.63. The number of aromatic hydroxyl groups is 2. The Morgan fingerprint density at radius 1 is 1.33 bits per heavy atom. The van der Waals surface area contributed by atoms with Crippen molar-refractivity contribution in [3.05, 3.63) is 36.4 Å². The molecule has 0 bridgehead atoms. The van der Waals surface area contributed by atoms with Gasteiger partial charge >= 0.3 is 5.97 Å². The summed E-state index contributed by atoms with van der Waals surface area (Å²) in [5.41, 5.74) is 0.474. The Balaban J connectivity index is 2.83. The number of hydrogen-bond acceptors (Lipinski definition) is 4. The van der Waals surface area contributed by atoms with Crippen molar-refractivity contribution in [3.8, 4) is 11.5 Å². The number of aliphatic carboxylic acids is 1. The summed E-state index contributed by atoms with van der Waals surface area (Å²) >= 11 is 0. The molecule has 0 aliphatic heterocycles. The molecule has 1 aromatic rings. The van der Waals surface area contributed by atoms with E-state index in [1.54, 1.807) is 0 Å². The minimum absolute atomic E-state index is 0.0112. The maximum atomic E-state index is 11.1. The van der Waals surface area contributed by atoms with Crippen LogP contribution in [0.3, 0.4) is 0 Å². The first-order valence-corrected chi connectivity index (χ1v) is 5.10. The van der Waals surface area contributed by atoms with Crippen LogP contribution < -0.4 is 5.32 Å². The largest absolute Gasteiger partial charge is 0.504 e. The summed E-state index contributed by atoms with van der Waals surface area (Å²) in [6, 6.07) is 2.83. The zero-order chi connectivity index (χ0) is 13.7. The predicted octanol–water partition coefficient (Wildman–Crippen LogP) is 0.396. The number of carboxylic acids is 1. The lowest BCUT2D eigenvalue weighted by atomic mass is 10.1. The number of rotatable bonds is 5. The van der Waals surface area contributed by atoms with Crippen molar-refractivity contribution in [2.45, 2.75) is 12.5 Å². The Bertz CT molecular complexity index is 483. The molecule has 0 saturated carbocycles. The topological polar surface area (TPSA) is 107 Å². The number of carboxylic acid groups (broad SMARTS) is 1. The molecule has 18 heavy (non-hydrogen) atoms. The minimum Gasteiger partial charge on any atom is -0.504 e. The molecule has 1 aromatic carbocycles. The molecule has 1 rings (SSSR count). The summed E-state index contributed by atoms with van der Waals surface area (Å²) in [6.45, 7) is 3.23. The number of carbonyl (C=O) groups is 2. The Morgan fingerprint density at radius 3 is 2.50 bits per heavy atom. The van der Waals surface area contributed by atoms with Crippen molar-refractivity contribution in [2.24, 2.45) is 0 Å². The molecule has 1 atom stereocenters. The number of benzene rings is 1. The van der Waals surface area contributed by atoms with E-state index in [0.717, 1.165) is 6.08 Å². The number of nitrogens with one attached hydrogen (secondary N) is 1. The lowest BCUT2D eigenvalue weighted by molar-refractivity contribution is -0.141. The number of phenolic OH excluding ortho intramolecular Hbond substituents is 2. The zero-order valence-electron chi connectivity index (χ0n) is 9.46. The summed E-state index contributed by atoms with van der Waals surface area (Å²) in [5, 5.41) is 29.6. The smallest absolute Gasteiger partial charge is 0.326 e. The van der Waals surface area contributed by atoms with E-state index < -0.39 is 17.9 Å². The van der Waals surface area contributed by atoms with Crippen molar-refractivity contribution < 1.29 is 24.9 Å². The summed E-state index contributed by atoms with van der Waals surface area (Å²) in [6.07, 6.45) is 0.965. The van der Waals surface area contributed by atoms with Gasteiger partial charge in [-0.3, -0.25) is 4.79 Å². The summed E-state index contributed by atoms with van der Waals surface area (Å²) in [5.74, 6) is -2.42. The molecule has 0 heterocycles. The first-order valence-electron chi connectivity index (χ1n) is 5.10. The van der Waals surface area contributed by atoms with E-state index >= 15 is 0 Å². The van der Waals surface area contributed by atoms with Gasteiger partial charge in [-0.15, -0.1) is 0 Å². The van der Waals surface area contributed by atoms with Gasteiger partial charge in [0, 0.05) is 6.42 Å². The summed E-state index contributed by atoms with van der Waals surface area (Å²) in [7, 11) is 0. The van der Waals surface area contributed by atoms with E-state index in [1.807, 2.05) is 0 Å². The number of hydrogen-bond donors (Lipinski definition) is 4. The molecule has 1 amide bonds. The zero-order valence-corrected chi connectivity index (χ0v) is 9.46. The van der Waals surface area contributed by atoms with Crippen LogP contribution in [0.1, 0.15) is 5.56 Å². The van der Waals surface area contributed by atoms with Crippen LogP contribution in [-0.4, -0.2) is 33.2 Å². The van der Waals surface area contributed by atoms with E-state index in [-0.39, 0.29) is 17.9 Å². The lowest BCUT2D eigenvalue weighted by Gasteiger charge is -2.13. The fraction of sp³-hybridized carbons (Fsp3) is 0.167. The second kappa shape index (κ2) is 5.72. The summed E-state index contributed by atoms with van der Waals surface area (Å²) in [4.78, 5) is 22.0. The molecule has 0 saturated heterocycles. The minimum atomic E-state index is -1.20. The number of amides is 1. The molecule has 6 nitrogen and oxygen atoms in total. The van der Waals surface area contributed by atoms with Crippen LogP contribution in [0.15, 0.2) is 30.9 Å². The van der Waals surface area contributed by atoms with Crippen molar-refractivity contribution in [1.29, 1.82) is 0 Å². The Labute approximate surface area is 103 Å². The molecule has 0 aliphatic rings. The van der Waals surface area contributed by atoms with Gasteiger partial charge in [-0.05, 0) is 23.8 Å². The standard InChI is InChI=1S/C12H13NO5/c1-2-11(16)13-8(12(17)18)5-7-3-4-9(14)10(15)6-7/h2-4,6,8,14-15H,1,5H2,(H,13,16)(H,17,18). The average molecular weight is 251 g/mol. The molecule has 0 spiro atoms. The van der Waals surface area contributed by atoms with Crippen LogP contribution in [-0.2, 0) is 16.0 Å². The maximum absolute atomic E-state index is 11.1. The third-order valence-corrected chi connectivity index (χ3v) is 2.28. The molecule has 0 aromatic heterocycles. The Kier molecular flexibility index (Phi) is 4.31. The fourth-order valence-corrected chi connectivity index (χ4v) is 1.36. The van der Waals surface area contributed by atoms with Gasteiger partial charge in [-0.2, -0.15) is 0 Å². The monoisotopic (exact) mass is 251 g/mol. The highest BCUT2D eigenvalue weighted by atomic mass is 16.4. The number of carbonyl (C=O) groups excluding carboxylic acids is 1. The SMILES string of the molecule is C=CC(=O)NC(Cc1ccc(O)c(O)c1)C(=O)O. The van der Waals surface area contributed by atoms with Gasteiger partial charge in [-0.25, -0.2) is 4.79 Å². The normalized spacial score (nSPS) is 11.6. The van der Waals surface area contributed by atoms with E-state index in [1.165, 1.54) is 18.2 Å². The third-order valence-electron chi connectivity index (χ3n) is 2.28. The van der Waals surface area contributed by atoms with Crippen LogP contribution in [0.4, 0.5) is 0 Å². The van der Waals surface area contributed by atoms with Crippen molar-refractivity contribution in [2.75, 3.05) is 0 Å². The van der Waals surface area contributed by atoms with Gasteiger partial charge in [0.1, 0.15) is 6.04 Å². The highest BCUT2D eigenvalue weighted by Gasteiger charge is 2.19. The molecular formula is C12H13NO5. The molecule has 0 aliphatic carbocycles. The fourth-order valence-electron chi connectivity index (χ4n) is 1.36. The van der Waals surface area contributed by atoms with Gasteiger partial charge in [0.15, 0.2) is 11.5 Å². The predicted molar refractivity (Wildman–Crippen MR) is 63.2 cm³/mol. The van der Waals surface area contributed by atoms with Gasteiger partial charge in [0.25, 0.3) is 0 Å². The molecular weight excluding hydrogens is 238 g/mol. The molecule has 0 radical (unpaired) electrons. The van der Waals surface area contributed by atoms with Gasteiger partial charge in [0.05, 0.1) is 0 Å². The van der Waals surface area contributed by atoms with E-state index in [4.69, 9.17) is 10.2 Å². The Hall–Kier alpha value is -2.50. The second-order valence-electron chi connectivity index (χ2n) is 3.63. The van der Waals surface area contributed by atoms with E-state index in [0.29, 0.717) is 5.56 Å². The highest BCUT2D eigenvalue weighted by Crippen LogP contribution is 2.25. The van der Waals surface area contributed by atoms with Crippen LogP contribution in [0.5, 0.6) is 11.5 Å². The average Bonchev–Trinajstić information content (AvgIpc) is 2.32. The molecule has 6 heteroatoms. The van der Waals surface area contributed by atoms with Gasteiger partial charge in [-0.1, -0.05) is 12.6 Å². The van der Waals surface area contributed by atoms with Crippen LogP contribution in [0.25, 0.3) is 0 Å². The third kappa shape index (κ3) is 3.51. The highest BCUT2D eigenvalue weighted by molar-refractivity contribution is 5.90. The molecule has 4 N–H and O–H groups in total. The Morgan fingerprint density at radius 2 is 2.00 bits per heavy atom. The number of phenols is 2. The molecule has 1 unspecified atom stereocenters. The van der Waals surface area contributed by atoms with E-state index in [9.17, 15) is 14.7 Å². The van der Waals surface area contributed by atoms with Crippen LogP contribution >= 0.6 is 0 Å². The molecule has 96 valence electrons. The first kappa shape index (κ1) is 13.6. The van der Waals surface area contributed by atoms with Crippen LogP contribution in [0, 0.1) is 0 Å². The van der Waals surface area contributed by atoms with E-state index in [2.05, 4.69) is 11.9 Å². The van der Waals surface area contributed by atoms with Gasteiger partial charge < -0.3 is 20.6 Å². The summed E-state index contributed by atoms with van der Waals surface area (Å²) < 4.78 is 0. The van der Waals surface area contributed by atoms with Gasteiger partial charge in [0.2, 0.25) is 5.91 Å². The maximum Gasteiger partial charge on any atom is 0.326 e. The van der Waals surface area contributed by atoms with Crippen molar-refractivity contribution in [1.82, 2.24) is 5.32 Å². The van der Waals surface area contributed by atoms with Crippen LogP contribution in [0.2, 0.25) is 0 Å². The lowest BCUT2D eigenvalue weighted by Crippen LogP contribution is -2.41. The van der Waals surface area contributed by atoms with Crippen molar-refractivity contribution >= 4 is 11.9 Å².